The van der Waals surface area contributed by atoms with Gasteiger partial charge in [0.2, 0.25) is 0 Å². The van der Waals surface area contributed by atoms with Crippen LogP contribution in [0.15, 0.2) is 41.2 Å². The van der Waals surface area contributed by atoms with E-state index in [1.54, 1.807) is 12.5 Å². The van der Waals surface area contributed by atoms with Crippen LogP contribution in [0.25, 0.3) is 11.1 Å². The van der Waals surface area contributed by atoms with Crippen molar-refractivity contribution in [1.29, 1.82) is 0 Å². The van der Waals surface area contributed by atoms with Crippen LogP contribution in [-0.2, 0) is 0 Å². The second-order valence-corrected chi connectivity index (χ2v) is 3.33. The summed E-state index contributed by atoms with van der Waals surface area (Å²) in [6.45, 7) is 4.21. The molecule has 0 atom stereocenters. The molecule has 0 fully saturated rings. The molecule has 2 aromatic rings. The van der Waals surface area contributed by atoms with Gasteiger partial charge in [-0.1, -0.05) is 23.8 Å². The zero-order valence-electron chi connectivity index (χ0n) is 7.87. The zero-order valence-corrected chi connectivity index (χ0v) is 7.87. The van der Waals surface area contributed by atoms with Crippen molar-refractivity contribution in [3.8, 4) is 11.1 Å². The van der Waals surface area contributed by atoms with Gasteiger partial charge in [-0.05, 0) is 31.0 Å². The van der Waals surface area contributed by atoms with E-state index in [4.69, 9.17) is 4.42 Å². The highest BCUT2D eigenvalue weighted by molar-refractivity contribution is 5.66. The maximum atomic E-state index is 5.06. The normalized spacial score (nSPS) is 10.3. The van der Waals surface area contributed by atoms with Crippen LogP contribution in [0.3, 0.4) is 0 Å². The first-order valence-electron chi connectivity index (χ1n) is 4.37. The van der Waals surface area contributed by atoms with Crippen molar-refractivity contribution in [3.63, 3.8) is 0 Å². The van der Waals surface area contributed by atoms with Gasteiger partial charge in [-0.15, -0.1) is 0 Å². The highest BCUT2D eigenvalue weighted by atomic mass is 16.3. The molecule has 1 aromatic heterocycles. The van der Waals surface area contributed by atoms with Crippen LogP contribution in [0.2, 0.25) is 0 Å². The topological polar surface area (TPSA) is 13.1 Å². The van der Waals surface area contributed by atoms with E-state index in [-0.39, 0.29) is 0 Å². The lowest BCUT2D eigenvalue weighted by atomic mass is 10.0. The Kier molecular flexibility index (Phi) is 1.93. The van der Waals surface area contributed by atoms with Gasteiger partial charge < -0.3 is 4.42 Å². The van der Waals surface area contributed by atoms with Gasteiger partial charge in [-0.2, -0.15) is 0 Å². The summed E-state index contributed by atoms with van der Waals surface area (Å²) in [6, 6.07) is 8.43. The fourth-order valence-corrected chi connectivity index (χ4v) is 1.46. The minimum Gasteiger partial charge on any atom is -0.472 e. The van der Waals surface area contributed by atoms with Crippen molar-refractivity contribution < 1.29 is 4.42 Å². The van der Waals surface area contributed by atoms with Crippen LogP contribution >= 0.6 is 0 Å². The van der Waals surface area contributed by atoms with Gasteiger partial charge in [0.1, 0.15) is 0 Å². The van der Waals surface area contributed by atoms with Gasteiger partial charge in [-0.3, -0.25) is 0 Å². The van der Waals surface area contributed by atoms with Crippen molar-refractivity contribution in [1.82, 2.24) is 0 Å². The molecule has 66 valence electrons. The third-order valence-corrected chi connectivity index (χ3v) is 2.23. The first-order valence-corrected chi connectivity index (χ1v) is 4.37. The molecule has 0 N–H and O–H groups in total. The first-order chi connectivity index (χ1) is 6.27. The molecule has 0 aliphatic carbocycles. The van der Waals surface area contributed by atoms with Crippen molar-refractivity contribution in [3.05, 3.63) is 47.9 Å². The molecule has 2 rings (SSSR count). The summed E-state index contributed by atoms with van der Waals surface area (Å²) >= 11 is 0. The van der Waals surface area contributed by atoms with Crippen molar-refractivity contribution in [2.24, 2.45) is 0 Å². The summed E-state index contributed by atoms with van der Waals surface area (Å²) in [7, 11) is 0. The monoisotopic (exact) mass is 172 g/mol. The van der Waals surface area contributed by atoms with Crippen LogP contribution < -0.4 is 0 Å². The Morgan fingerprint density at radius 2 is 1.92 bits per heavy atom. The van der Waals surface area contributed by atoms with Crippen molar-refractivity contribution >= 4 is 0 Å². The number of rotatable bonds is 1. The predicted octanol–water partition coefficient (Wildman–Crippen LogP) is 3.56. The highest BCUT2D eigenvalue weighted by Crippen LogP contribution is 2.24. The van der Waals surface area contributed by atoms with E-state index >= 15 is 0 Å². The maximum absolute atomic E-state index is 5.06. The molecule has 1 nitrogen and oxygen atoms in total. The molecule has 0 spiro atoms. The molecule has 0 aliphatic heterocycles. The van der Waals surface area contributed by atoms with Crippen LogP contribution in [-0.4, -0.2) is 0 Å². The molecular formula is C12H12O. The van der Waals surface area contributed by atoms with Crippen LogP contribution in [0.4, 0.5) is 0 Å². The van der Waals surface area contributed by atoms with Crippen molar-refractivity contribution in [2.75, 3.05) is 0 Å². The van der Waals surface area contributed by atoms with Gasteiger partial charge in [-0.25, -0.2) is 0 Å². The van der Waals surface area contributed by atoms with Crippen LogP contribution in [0, 0.1) is 13.8 Å². The lowest BCUT2D eigenvalue weighted by Gasteiger charge is -2.03. The number of furan rings is 1. The minimum absolute atomic E-state index is 1.15. The van der Waals surface area contributed by atoms with E-state index in [0.717, 1.165) is 5.56 Å². The molecule has 0 amide bonds. The smallest absolute Gasteiger partial charge is 0.0981 e. The molecule has 0 aliphatic rings. The quantitative estimate of drug-likeness (QED) is 0.641. The number of aryl methyl sites for hydroxylation is 2. The average molecular weight is 172 g/mol. The fraction of sp³-hybridized carbons (Fsp3) is 0.167. The first kappa shape index (κ1) is 8.11. The Hall–Kier alpha value is -1.50. The second kappa shape index (κ2) is 3.09. The molecule has 13 heavy (non-hydrogen) atoms. The highest BCUT2D eigenvalue weighted by Gasteiger charge is 2.02. The Balaban J connectivity index is 2.57. The lowest BCUT2D eigenvalue weighted by molar-refractivity contribution is 0.568. The van der Waals surface area contributed by atoms with Gasteiger partial charge in [0.25, 0.3) is 0 Å². The molecule has 0 saturated carbocycles. The minimum atomic E-state index is 1.15. The van der Waals surface area contributed by atoms with E-state index in [0.29, 0.717) is 0 Å². The van der Waals surface area contributed by atoms with Gasteiger partial charge in [0.15, 0.2) is 0 Å². The summed E-state index contributed by atoms with van der Waals surface area (Å²) in [4.78, 5) is 0. The van der Waals surface area contributed by atoms with E-state index in [9.17, 15) is 0 Å². The predicted molar refractivity (Wildman–Crippen MR) is 53.6 cm³/mol. The Labute approximate surface area is 78.0 Å². The molecule has 1 aromatic carbocycles. The molecule has 0 unspecified atom stereocenters. The maximum Gasteiger partial charge on any atom is 0.0981 e. The summed E-state index contributed by atoms with van der Waals surface area (Å²) < 4.78 is 5.06. The van der Waals surface area contributed by atoms with E-state index in [1.807, 2.05) is 6.07 Å². The standard InChI is InChI=1S/C12H12O/c1-9-3-4-10(2)12(7-9)11-5-6-13-8-11/h3-8H,1-2H3. The molecule has 1 heterocycles. The lowest BCUT2D eigenvalue weighted by Crippen LogP contribution is -1.82. The summed E-state index contributed by atoms with van der Waals surface area (Å²) in [6.07, 6.45) is 3.48. The van der Waals surface area contributed by atoms with Crippen LogP contribution in [0.5, 0.6) is 0 Å². The van der Waals surface area contributed by atoms with Crippen LogP contribution in [0.1, 0.15) is 11.1 Å². The molecule has 1 heteroatoms. The Morgan fingerprint density at radius 3 is 2.62 bits per heavy atom. The van der Waals surface area contributed by atoms with Gasteiger partial charge in [0, 0.05) is 5.56 Å². The fourth-order valence-electron chi connectivity index (χ4n) is 1.46. The SMILES string of the molecule is Cc1ccc(C)c(-c2ccoc2)c1. The molecule has 0 bridgehead atoms. The molecule has 0 saturated heterocycles. The Morgan fingerprint density at radius 1 is 1.08 bits per heavy atom. The number of hydrogen-bond donors (Lipinski definition) is 0. The van der Waals surface area contributed by atoms with E-state index in [1.165, 1.54) is 16.7 Å². The van der Waals surface area contributed by atoms with Crippen molar-refractivity contribution in [2.45, 2.75) is 13.8 Å². The third kappa shape index (κ3) is 1.50. The average Bonchev–Trinajstić information content (AvgIpc) is 2.61. The zero-order chi connectivity index (χ0) is 9.26. The number of hydrogen-bond acceptors (Lipinski definition) is 1. The molecule has 0 radical (unpaired) electrons. The van der Waals surface area contributed by atoms with E-state index < -0.39 is 0 Å². The van der Waals surface area contributed by atoms with Gasteiger partial charge in [0.05, 0.1) is 12.5 Å². The summed E-state index contributed by atoms with van der Waals surface area (Å²) in [5, 5.41) is 0. The number of benzene rings is 1. The largest absolute Gasteiger partial charge is 0.472 e. The van der Waals surface area contributed by atoms with Gasteiger partial charge >= 0.3 is 0 Å². The molecular weight excluding hydrogens is 160 g/mol. The second-order valence-electron chi connectivity index (χ2n) is 3.33. The Bertz CT molecular complexity index is 399. The summed E-state index contributed by atoms with van der Waals surface area (Å²) in [5.41, 5.74) is 4.98. The third-order valence-electron chi connectivity index (χ3n) is 2.23. The van der Waals surface area contributed by atoms with E-state index in [2.05, 4.69) is 32.0 Å². The summed E-state index contributed by atoms with van der Waals surface area (Å²) in [5.74, 6) is 0.